The number of halogens is 1. The minimum absolute atomic E-state index is 0.225. The van der Waals surface area contributed by atoms with Crippen molar-refractivity contribution in [1.82, 2.24) is 10.2 Å². The van der Waals surface area contributed by atoms with Crippen molar-refractivity contribution >= 4 is 45.6 Å². The molecule has 2 aromatic carbocycles. The standard InChI is InChI=1S/C21H20ClN3O2S/c1-21(17-9-5-7-14-6-3-4-8-16(14)17)19(26)25(20(27)23-21)13-24(2)12-15-10-11-18(22)28-15/h3-11H,12-13H2,1-2H3,(H,23,27)/p+1/t21-/m1/s1. The molecule has 0 saturated carbocycles. The number of imide groups is 1. The first-order chi connectivity index (χ1) is 13.4. The zero-order valence-electron chi connectivity index (χ0n) is 15.7. The Morgan fingerprint density at radius 3 is 2.61 bits per heavy atom. The molecule has 1 aromatic heterocycles. The third-order valence-electron chi connectivity index (χ3n) is 5.14. The third kappa shape index (κ3) is 3.28. The van der Waals surface area contributed by atoms with E-state index < -0.39 is 5.54 Å². The van der Waals surface area contributed by atoms with Gasteiger partial charge in [-0.1, -0.05) is 54.1 Å². The monoisotopic (exact) mass is 414 g/mol. The Morgan fingerprint density at radius 2 is 1.86 bits per heavy atom. The highest BCUT2D eigenvalue weighted by Gasteiger charge is 2.50. The second-order valence-corrected chi connectivity index (χ2v) is 9.11. The SMILES string of the molecule is C[NH+](Cc1ccc(Cl)s1)CN1C(=O)N[C@](C)(c2cccc3ccccc23)C1=O. The summed E-state index contributed by atoms with van der Waals surface area (Å²) in [5, 5.41) is 4.93. The van der Waals surface area contributed by atoms with Crippen LogP contribution in [0.1, 0.15) is 17.4 Å². The fraction of sp³-hybridized carbons (Fsp3) is 0.238. The van der Waals surface area contributed by atoms with E-state index in [-0.39, 0.29) is 11.9 Å². The lowest BCUT2D eigenvalue weighted by Gasteiger charge is -2.24. The van der Waals surface area contributed by atoms with Crippen LogP contribution in [-0.4, -0.2) is 30.6 Å². The Bertz CT molecular complexity index is 1060. The maximum Gasteiger partial charge on any atom is 0.329 e. The molecule has 0 spiro atoms. The molecule has 0 radical (unpaired) electrons. The molecule has 2 heterocycles. The molecule has 4 rings (SSSR count). The van der Waals surface area contributed by atoms with Crippen LogP contribution in [0.4, 0.5) is 4.79 Å². The van der Waals surface area contributed by atoms with Crippen LogP contribution in [0, 0.1) is 0 Å². The molecule has 144 valence electrons. The fourth-order valence-electron chi connectivity index (χ4n) is 3.75. The first-order valence-electron chi connectivity index (χ1n) is 9.06. The predicted molar refractivity (Wildman–Crippen MR) is 111 cm³/mol. The second kappa shape index (κ2) is 7.20. The Morgan fingerprint density at radius 1 is 1.11 bits per heavy atom. The lowest BCUT2D eigenvalue weighted by atomic mass is 9.88. The topological polar surface area (TPSA) is 53.9 Å². The molecule has 1 unspecified atom stereocenters. The van der Waals surface area contributed by atoms with E-state index in [0.29, 0.717) is 13.2 Å². The van der Waals surface area contributed by atoms with E-state index in [1.807, 2.05) is 61.6 Å². The lowest BCUT2D eigenvalue weighted by molar-refractivity contribution is -0.900. The quantitative estimate of drug-likeness (QED) is 0.630. The molecular weight excluding hydrogens is 394 g/mol. The smallest absolute Gasteiger partial charge is 0.319 e. The van der Waals surface area contributed by atoms with Crippen LogP contribution < -0.4 is 10.2 Å². The van der Waals surface area contributed by atoms with Crippen LogP contribution in [0.3, 0.4) is 0 Å². The number of quaternary nitrogens is 1. The van der Waals surface area contributed by atoms with Gasteiger partial charge in [0, 0.05) is 0 Å². The Balaban J connectivity index is 1.59. The van der Waals surface area contributed by atoms with E-state index in [9.17, 15) is 9.59 Å². The molecule has 28 heavy (non-hydrogen) atoms. The van der Waals surface area contributed by atoms with Gasteiger partial charge in [-0.25, -0.2) is 9.69 Å². The normalized spacial score (nSPS) is 20.6. The van der Waals surface area contributed by atoms with Gasteiger partial charge in [0.1, 0.15) is 12.1 Å². The first kappa shape index (κ1) is 18.9. The molecule has 1 fully saturated rings. The number of hydrogen-bond donors (Lipinski definition) is 2. The van der Waals surface area contributed by atoms with Crippen molar-refractivity contribution in [2.24, 2.45) is 0 Å². The van der Waals surface area contributed by atoms with Crippen LogP contribution in [0.15, 0.2) is 54.6 Å². The molecule has 3 amide bonds. The van der Waals surface area contributed by atoms with Crippen molar-refractivity contribution in [1.29, 1.82) is 0 Å². The number of fused-ring (bicyclic) bond motifs is 1. The van der Waals surface area contributed by atoms with Crippen LogP contribution in [0.2, 0.25) is 4.34 Å². The largest absolute Gasteiger partial charge is 0.329 e. The number of thiophene rings is 1. The molecule has 2 N–H and O–H groups in total. The summed E-state index contributed by atoms with van der Waals surface area (Å²) in [5.41, 5.74) is -0.265. The predicted octanol–water partition coefficient (Wildman–Crippen LogP) is 2.99. The van der Waals surface area contributed by atoms with Crippen molar-refractivity contribution in [3.63, 3.8) is 0 Å². The molecule has 7 heteroatoms. The molecule has 1 saturated heterocycles. The van der Waals surface area contributed by atoms with Gasteiger partial charge in [-0.05, 0) is 35.4 Å². The Hall–Kier alpha value is -2.41. The van der Waals surface area contributed by atoms with E-state index >= 15 is 0 Å². The van der Waals surface area contributed by atoms with Crippen LogP contribution in [0.5, 0.6) is 0 Å². The van der Waals surface area contributed by atoms with Crippen molar-refractivity contribution in [3.8, 4) is 0 Å². The summed E-state index contributed by atoms with van der Waals surface area (Å²) >= 11 is 7.51. The molecule has 3 aromatic rings. The molecule has 2 atom stereocenters. The number of benzene rings is 2. The van der Waals surface area contributed by atoms with Gasteiger partial charge in [0.25, 0.3) is 5.91 Å². The number of amides is 3. The van der Waals surface area contributed by atoms with Crippen molar-refractivity contribution in [2.75, 3.05) is 13.7 Å². The zero-order chi connectivity index (χ0) is 19.9. The molecular formula is C21H21ClN3O2S+. The minimum atomic E-state index is -1.08. The van der Waals surface area contributed by atoms with E-state index in [2.05, 4.69) is 5.32 Å². The van der Waals surface area contributed by atoms with Crippen molar-refractivity contribution < 1.29 is 14.5 Å². The molecule has 0 aliphatic carbocycles. The molecule has 1 aliphatic rings. The Kier molecular flexibility index (Phi) is 4.87. The molecule has 0 bridgehead atoms. The summed E-state index contributed by atoms with van der Waals surface area (Å²) in [6.45, 7) is 2.77. The maximum atomic E-state index is 13.3. The van der Waals surface area contributed by atoms with Gasteiger partial charge in [-0.3, -0.25) is 4.79 Å². The number of urea groups is 1. The zero-order valence-corrected chi connectivity index (χ0v) is 17.2. The maximum absolute atomic E-state index is 13.3. The molecule has 5 nitrogen and oxygen atoms in total. The summed E-state index contributed by atoms with van der Waals surface area (Å²) in [6.07, 6.45) is 0. The van der Waals surface area contributed by atoms with E-state index in [1.165, 1.54) is 16.2 Å². The summed E-state index contributed by atoms with van der Waals surface area (Å²) < 4.78 is 0.737. The number of hydrogen-bond acceptors (Lipinski definition) is 3. The van der Waals surface area contributed by atoms with Crippen molar-refractivity contribution in [2.45, 2.75) is 19.0 Å². The minimum Gasteiger partial charge on any atom is -0.319 e. The summed E-state index contributed by atoms with van der Waals surface area (Å²) in [6, 6.07) is 17.2. The van der Waals surface area contributed by atoms with Crippen LogP contribution in [0.25, 0.3) is 10.8 Å². The highest BCUT2D eigenvalue weighted by Crippen LogP contribution is 2.33. The number of nitrogens with one attached hydrogen (secondary N) is 2. The van der Waals surface area contributed by atoms with E-state index in [1.54, 1.807) is 6.92 Å². The van der Waals surface area contributed by atoms with Gasteiger partial charge in [-0.2, -0.15) is 0 Å². The third-order valence-corrected chi connectivity index (χ3v) is 6.37. The highest BCUT2D eigenvalue weighted by molar-refractivity contribution is 7.16. The van der Waals surface area contributed by atoms with E-state index in [4.69, 9.17) is 11.6 Å². The summed E-state index contributed by atoms with van der Waals surface area (Å²) in [4.78, 5) is 29.4. The van der Waals surface area contributed by atoms with Crippen LogP contribution >= 0.6 is 22.9 Å². The van der Waals surface area contributed by atoms with Gasteiger partial charge >= 0.3 is 6.03 Å². The van der Waals surface area contributed by atoms with Crippen molar-refractivity contribution in [3.05, 3.63) is 69.4 Å². The summed E-state index contributed by atoms with van der Waals surface area (Å²) in [5.74, 6) is -0.225. The lowest BCUT2D eigenvalue weighted by Crippen LogP contribution is -3.09. The van der Waals surface area contributed by atoms with E-state index in [0.717, 1.165) is 30.4 Å². The Labute approximate surface area is 172 Å². The second-order valence-electron chi connectivity index (χ2n) is 7.31. The van der Waals surface area contributed by atoms with Gasteiger partial charge in [-0.15, -0.1) is 11.3 Å². The van der Waals surface area contributed by atoms with Gasteiger partial charge in [0.15, 0.2) is 6.67 Å². The summed E-state index contributed by atoms with van der Waals surface area (Å²) in [7, 11) is 1.96. The average Bonchev–Trinajstić information content (AvgIpc) is 3.17. The average molecular weight is 415 g/mol. The van der Waals surface area contributed by atoms with Gasteiger partial charge in [0.2, 0.25) is 0 Å². The van der Waals surface area contributed by atoms with Crippen LogP contribution in [-0.2, 0) is 16.9 Å². The number of carbonyl (C=O) groups is 2. The highest BCUT2D eigenvalue weighted by atomic mass is 35.5. The number of rotatable bonds is 5. The number of nitrogens with zero attached hydrogens (tertiary/aromatic N) is 1. The first-order valence-corrected chi connectivity index (χ1v) is 10.3. The fourth-order valence-corrected chi connectivity index (χ4v) is 4.96. The van der Waals surface area contributed by atoms with Gasteiger partial charge in [0.05, 0.1) is 16.3 Å². The van der Waals surface area contributed by atoms with Gasteiger partial charge < -0.3 is 10.2 Å². The number of carbonyl (C=O) groups excluding carboxylic acids is 2. The molecule has 1 aliphatic heterocycles.